The summed E-state index contributed by atoms with van der Waals surface area (Å²) < 4.78 is 29.8. The number of nitrogens with one attached hydrogen (secondary N) is 1. The van der Waals surface area contributed by atoms with Crippen LogP contribution < -0.4 is 19.5 Å². The molecular formula is C16H16FNO3. The van der Waals surface area contributed by atoms with Crippen LogP contribution in [0.15, 0.2) is 36.4 Å². The number of ether oxygens (including phenoxy) is 3. The second-order valence-corrected chi connectivity index (χ2v) is 4.65. The molecule has 0 fully saturated rings. The maximum atomic E-state index is 13.4. The summed E-state index contributed by atoms with van der Waals surface area (Å²) in [7, 11) is 0. The zero-order chi connectivity index (χ0) is 14.7. The number of rotatable bonds is 5. The topological polar surface area (TPSA) is 39.7 Å². The van der Waals surface area contributed by atoms with Gasteiger partial charge in [0.1, 0.15) is 17.3 Å². The summed E-state index contributed by atoms with van der Waals surface area (Å²) in [6.45, 7) is 3.58. The number of halogens is 1. The molecule has 0 atom stereocenters. The summed E-state index contributed by atoms with van der Waals surface area (Å²) in [5.74, 6) is 2.33. The van der Waals surface area contributed by atoms with Crippen LogP contribution in [0.5, 0.6) is 23.0 Å². The largest absolute Gasteiger partial charge is 0.457 e. The van der Waals surface area contributed by atoms with E-state index in [4.69, 9.17) is 14.2 Å². The Bertz CT molecular complexity index is 645. The van der Waals surface area contributed by atoms with Crippen molar-refractivity contribution >= 4 is 0 Å². The number of benzene rings is 2. The predicted octanol–water partition coefficient (Wildman–Crippen LogP) is 3.46. The van der Waals surface area contributed by atoms with Crippen molar-refractivity contribution in [1.82, 2.24) is 5.32 Å². The van der Waals surface area contributed by atoms with Gasteiger partial charge in [-0.2, -0.15) is 0 Å². The highest BCUT2D eigenvalue weighted by atomic mass is 19.1. The quantitative estimate of drug-likeness (QED) is 0.915. The maximum Gasteiger partial charge on any atom is 0.231 e. The van der Waals surface area contributed by atoms with Crippen molar-refractivity contribution in [2.45, 2.75) is 13.5 Å². The smallest absolute Gasteiger partial charge is 0.231 e. The Morgan fingerprint density at radius 2 is 2.00 bits per heavy atom. The first-order valence-corrected chi connectivity index (χ1v) is 6.83. The Morgan fingerprint density at radius 1 is 1.14 bits per heavy atom. The summed E-state index contributed by atoms with van der Waals surface area (Å²) >= 11 is 0. The van der Waals surface area contributed by atoms with Gasteiger partial charge in [-0.05, 0) is 36.9 Å². The molecule has 110 valence electrons. The summed E-state index contributed by atoms with van der Waals surface area (Å²) in [4.78, 5) is 0. The molecule has 1 N–H and O–H groups in total. The lowest BCUT2D eigenvalue weighted by Gasteiger charge is -2.12. The minimum Gasteiger partial charge on any atom is -0.457 e. The van der Waals surface area contributed by atoms with E-state index in [0.29, 0.717) is 29.5 Å². The molecule has 3 rings (SSSR count). The molecule has 4 nitrogen and oxygen atoms in total. The average Bonchev–Trinajstić information content (AvgIpc) is 2.95. The fraction of sp³-hybridized carbons (Fsp3) is 0.250. The van der Waals surface area contributed by atoms with Gasteiger partial charge in [0.15, 0.2) is 11.5 Å². The zero-order valence-corrected chi connectivity index (χ0v) is 11.7. The Hall–Kier alpha value is -2.27. The molecule has 0 amide bonds. The van der Waals surface area contributed by atoms with E-state index in [9.17, 15) is 4.39 Å². The fourth-order valence-electron chi connectivity index (χ4n) is 2.11. The van der Waals surface area contributed by atoms with E-state index in [0.717, 1.165) is 12.1 Å². The molecular weight excluding hydrogens is 273 g/mol. The highest BCUT2D eigenvalue weighted by molar-refractivity contribution is 5.48. The van der Waals surface area contributed by atoms with Crippen LogP contribution in [0.3, 0.4) is 0 Å². The molecule has 2 aromatic carbocycles. The van der Waals surface area contributed by atoms with Crippen molar-refractivity contribution in [3.63, 3.8) is 0 Å². The Balaban J connectivity index is 1.83. The molecule has 0 bridgehead atoms. The van der Waals surface area contributed by atoms with Crippen molar-refractivity contribution in [1.29, 1.82) is 0 Å². The Morgan fingerprint density at radius 3 is 2.86 bits per heavy atom. The monoisotopic (exact) mass is 289 g/mol. The third-order valence-electron chi connectivity index (χ3n) is 3.16. The van der Waals surface area contributed by atoms with Gasteiger partial charge in [-0.15, -0.1) is 0 Å². The van der Waals surface area contributed by atoms with Crippen LogP contribution in [0.2, 0.25) is 0 Å². The highest BCUT2D eigenvalue weighted by Gasteiger charge is 2.15. The summed E-state index contributed by atoms with van der Waals surface area (Å²) in [6, 6.07) is 9.86. The molecule has 1 heterocycles. The second kappa shape index (κ2) is 6.01. The van der Waals surface area contributed by atoms with Crippen LogP contribution in [0.4, 0.5) is 4.39 Å². The molecule has 1 aliphatic heterocycles. The maximum absolute atomic E-state index is 13.4. The summed E-state index contributed by atoms with van der Waals surface area (Å²) in [5, 5.41) is 3.17. The molecule has 5 heteroatoms. The third kappa shape index (κ3) is 3.08. The standard InChI is InChI=1S/C16H16FNO3/c1-2-18-9-11-7-12(17)3-5-14(11)21-13-4-6-15-16(8-13)20-10-19-15/h3-8,18H,2,9-10H2,1H3. The van der Waals surface area contributed by atoms with Crippen LogP contribution in [0.25, 0.3) is 0 Å². The fourth-order valence-corrected chi connectivity index (χ4v) is 2.11. The SMILES string of the molecule is CCNCc1cc(F)ccc1Oc1ccc2c(c1)OCO2. The molecule has 21 heavy (non-hydrogen) atoms. The van der Waals surface area contributed by atoms with Gasteiger partial charge in [0, 0.05) is 18.2 Å². The second-order valence-electron chi connectivity index (χ2n) is 4.65. The Kier molecular flexibility index (Phi) is 3.92. The van der Waals surface area contributed by atoms with Crippen LogP contribution in [-0.4, -0.2) is 13.3 Å². The van der Waals surface area contributed by atoms with Crippen LogP contribution >= 0.6 is 0 Å². The van der Waals surface area contributed by atoms with Gasteiger partial charge in [-0.25, -0.2) is 4.39 Å². The van der Waals surface area contributed by atoms with E-state index < -0.39 is 0 Å². The van der Waals surface area contributed by atoms with Crippen LogP contribution in [0.1, 0.15) is 12.5 Å². The first-order chi connectivity index (χ1) is 10.3. The molecule has 0 unspecified atom stereocenters. The third-order valence-corrected chi connectivity index (χ3v) is 3.16. The molecule has 0 saturated heterocycles. The number of hydrogen-bond donors (Lipinski definition) is 1. The average molecular weight is 289 g/mol. The van der Waals surface area contributed by atoms with Crippen molar-refractivity contribution in [3.05, 3.63) is 47.8 Å². The van der Waals surface area contributed by atoms with Gasteiger partial charge < -0.3 is 19.5 Å². The molecule has 0 aliphatic carbocycles. The molecule has 0 radical (unpaired) electrons. The summed E-state index contributed by atoms with van der Waals surface area (Å²) in [5.41, 5.74) is 0.773. The van der Waals surface area contributed by atoms with Gasteiger partial charge in [0.25, 0.3) is 0 Å². The van der Waals surface area contributed by atoms with E-state index in [-0.39, 0.29) is 12.6 Å². The molecule has 0 aromatic heterocycles. The lowest BCUT2D eigenvalue weighted by Crippen LogP contribution is -2.12. The van der Waals surface area contributed by atoms with E-state index in [1.807, 2.05) is 6.92 Å². The summed E-state index contributed by atoms with van der Waals surface area (Å²) in [6.07, 6.45) is 0. The van der Waals surface area contributed by atoms with Gasteiger partial charge in [0.05, 0.1) is 0 Å². The lowest BCUT2D eigenvalue weighted by molar-refractivity contribution is 0.174. The van der Waals surface area contributed by atoms with Crippen molar-refractivity contribution < 1.29 is 18.6 Å². The molecule has 0 spiro atoms. The van der Waals surface area contributed by atoms with Gasteiger partial charge >= 0.3 is 0 Å². The van der Waals surface area contributed by atoms with Crippen LogP contribution in [-0.2, 0) is 6.54 Å². The van der Waals surface area contributed by atoms with E-state index in [1.165, 1.54) is 12.1 Å². The number of fused-ring (bicyclic) bond motifs is 1. The predicted molar refractivity (Wildman–Crippen MR) is 76.4 cm³/mol. The Labute approximate surface area is 122 Å². The van der Waals surface area contributed by atoms with Gasteiger partial charge in [-0.3, -0.25) is 0 Å². The molecule has 0 saturated carbocycles. The van der Waals surface area contributed by atoms with Crippen LogP contribution in [0, 0.1) is 5.82 Å². The van der Waals surface area contributed by atoms with Crippen molar-refractivity contribution in [2.24, 2.45) is 0 Å². The lowest BCUT2D eigenvalue weighted by atomic mass is 10.2. The normalized spacial score (nSPS) is 12.5. The highest BCUT2D eigenvalue weighted by Crippen LogP contribution is 2.37. The first kappa shape index (κ1) is 13.7. The zero-order valence-electron chi connectivity index (χ0n) is 11.7. The van der Waals surface area contributed by atoms with Gasteiger partial charge in [0.2, 0.25) is 6.79 Å². The van der Waals surface area contributed by atoms with Crippen molar-refractivity contribution in [2.75, 3.05) is 13.3 Å². The van der Waals surface area contributed by atoms with E-state index >= 15 is 0 Å². The minimum atomic E-state index is -0.277. The first-order valence-electron chi connectivity index (χ1n) is 6.83. The van der Waals surface area contributed by atoms with E-state index in [1.54, 1.807) is 24.3 Å². The van der Waals surface area contributed by atoms with Crippen molar-refractivity contribution in [3.8, 4) is 23.0 Å². The van der Waals surface area contributed by atoms with Gasteiger partial charge in [-0.1, -0.05) is 6.92 Å². The minimum absolute atomic E-state index is 0.223. The van der Waals surface area contributed by atoms with E-state index in [2.05, 4.69) is 5.32 Å². The number of hydrogen-bond acceptors (Lipinski definition) is 4. The molecule has 2 aromatic rings. The molecule has 1 aliphatic rings.